The van der Waals surface area contributed by atoms with Crippen LogP contribution in [0, 0.1) is 0 Å². The van der Waals surface area contributed by atoms with Crippen LogP contribution in [0.2, 0.25) is 5.02 Å². The van der Waals surface area contributed by atoms with Crippen LogP contribution in [0.25, 0.3) is 5.76 Å². The number of rotatable bonds is 4. The highest BCUT2D eigenvalue weighted by Crippen LogP contribution is 2.44. The van der Waals surface area contributed by atoms with Crippen molar-refractivity contribution in [1.82, 2.24) is 4.90 Å². The fourth-order valence-corrected chi connectivity index (χ4v) is 4.54. The van der Waals surface area contributed by atoms with Crippen LogP contribution < -0.4 is 4.74 Å². The van der Waals surface area contributed by atoms with E-state index in [1.54, 1.807) is 23.1 Å². The number of Topliss-reactive ketones (excluding diaryl/α,β-unsaturated/α-hetero) is 1. The smallest absolute Gasteiger partial charge is 0.295 e. The van der Waals surface area contributed by atoms with Crippen molar-refractivity contribution >= 4 is 29.1 Å². The molecule has 5 nitrogen and oxygen atoms in total. The molecule has 1 saturated carbocycles. The van der Waals surface area contributed by atoms with Crippen LogP contribution in [0.15, 0.2) is 54.1 Å². The van der Waals surface area contributed by atoms with Crippen LogP contribution in [0.5, 0.6) is 5.75 Å². The number of hydrogen-bond acceptors (Lipinski definition) is 4. The highest BCUT2D eigenvalue weighted by molar-refractivity contribution is 6.47. The van der Waals surface area contributed by atoms with E-state index >= 15 is 0 Å². The molecular formula is C23H22ClNO4. The van der Waals surface area contributed by atoms with Gasteiger partial charge in [0.2, 0.25) is 0 Å². The quantitative estimate of drug-likeness (QED) is 0.449. The predicted molar refractivity (Wildman–Crippen MR) is 111 cm³/mol. The normalized spacial score (nSPS) is 21.7. The van der Waals surface area contributed by atoms with Gasteiger partial charge in [0.1, 0.15) is 11.5 Å². The van der Waals surface area contributed by atoms with Crippen molar-refractivity contribution in [1.29, 1.82) is 0 Å². The second-order valence-electron chi connectivity index (χ2n) is 7.40. The minimum atomic E-state index is -0.679. The molecule has 1 unspecified atom stereocenters. The van der Waals surface area contributed by atoms with Crippen LogP contribution in [-0.2, 0) is 9.59 Å². The summed E-state index contributed by atoms with van der Waals surface area (Å²) in [5, 5.41) is 11.4. The molecule has 2 aliphatic rings. The molecule has 4 rings (SSSR count). The molecule has 1 heterocycles. The molecule has 1 aliphatic heterocycles. The standard InChI is InChI=1S/C23H22ClNO4/c1-29-16-11-12-18(24)17(13-16)21(26)19-20(14-7-3-2-4-8-14)25(23(28)22(19)27)15-9-5-6-10-15/h2-4,7-8,11-13,15,20,26H,5-6,9-10H2,1H3/b21-19+. The number of aliphatic hydroxyl groups excluding tert-OH is 1. The van der Waals surface area contributed by atoms with Gasteiger partial charge in [0.05, 0.1) is 23.7 Å². The van der Waals surface area contributed by atoms with Gasteiger partial charge in [0, 0.05) is 11.6 Å². The highest BCUT2D eigenvalue weighted by atomic mass is 35.5. The molecule has 1 aliphatic carbocycles. The van der Waals surface area contributed by atoms with Gasteiger partial charge in [0.15, 0.2) is 0 Å². The molecule has 2 fully saturated rings. The van der Waals surface area contributed by atoms with Crippen molar-refractivity contribution in [3.8, 4) is 5.75 Å². The summed E-state index contributed by atoms with van der Waals surface area (Å²) in [5.74, 6) is -1.02. The molecule has 1 saturated heterocycles. The van der Waals surface area contributed by atoms with Crippen molar-refractivity contribution in [2.45, 2.75) is 37.8 Å². The number of hydrogen-bond donors (Lipinski definition) is 1. The van der Waals surface area contributed by atoms with Crippen LogP contribution in [-0.4, -0.2) is 34.8 Å². The molecular weight excluding hydrogens is 390 g/mol. The first kappa shape index (κ1) is 19.5. The van der Waals surface area contributed by atoms with Gasteiger partial charge in [-0.25, -0.2) is 0 Å². The zero-order valence-electron chi connectivity index (χ0n) is 16.1. The third kappa shape index (κ3) is 3.40. The number of carbonyl (C=O) groups is 2. The van der Waals surface area contributed by atoms with E-state index in [1.807, 2.05) is 30.3 Å². The molecule has 150 valence electrons. The molecule has 1 amide bonds. The number of benzene rings is 2. The van der Waals surface area contributed by atoms with Gasteiger partial charge in [-0.15, -0.1) is 0 Å². The third-order valence-corrected chi connectivity index (χ3v) is 6.07. The molecule has 0 spiro atoms. The second-order valence-corrected chi connectivity index (χ2v) is 7.81. The molecule has 2 aromatic rings. The SMILES string of the molecule is COc1ccc(Cl)c(/C(O)=C2\C(=O)C(=O)N(C3CCCC3)C2c2ccccc2)c1. The number of ketones is 1. The third-order valence-electron chi connectivity index (χ3n) is 5.74. The Bertz CT molecular complexity index is 980. The van der Waals surface area contributed by atoms with Crippen molar-refractivity contribution in [3.63, 3.8) is 0 Å². The number of aliphatic hydroxyl groups is 1. The molecule has 29 heavy (non-hydrogen) atoms. The number of methoxy groups -OCH3 is 1. The van der Waals surface area contributed by atoms with E-state index in [9.17, 15) is 14.7 Å². The fraction of sp³-hybridized carbons (Fsp3) is 0.304. The first-order valence-electron chi connectivity index (χ1n) is 9.72. The van der Waals surface area contributed by atoms with Crippen LogP contribution in [0.1, 0.15) is 42.9 Å². The highest BCUT2D eigenvalue weighted by Gasteiger charge is 2.49. The summed E-state index contributed by atoms with van der Waals surface area (Å²) in [6, 6.07) is 13.5. The van der Waals surface area contributed by atoms with Crippen LogP contribution >= 0.6 is 11.6 Å². The van der Waals surface area contributed by atoms with Gasteiger partial charge in [-0.3, -0.25) is 9.59 Å². The number of nitrogens with zero attached hydrogens (tertiary/aromatic N) is 1. The first-order valence-corrected chi connectivity index (χ1v) is 10.1. The monoisotopic (exact) mass is 411 g/mol. The summed E-state index contributed by atoms with van der Waals surface area (Å²) in [6.07, 6.45) is 3.76. The van der Waals surface area contributed by atoms with Gasteiger partial charge in [-0.05, 0) is 36.6 Å². The lowest BCUT2D eigenvalue weighted by molar-refractivity contribution is -0.141. The van der Waals surface area contributed by atoms with E-state index in [4.69, 9.17) is 16.3 Å². The minimum absolute atomic E-state index is 0.0114. The molecule has 0 radical (unpaired) electrons. The summed E-state index contributed by atoms with van der Waals surface area (Å²) in [4.78, 5) is 27.7. The maximum absolute atomic E-state index is 13.1. The molecule has 2 aromatic carbocycles. The second kappa shape index (κ2) is 7.91. The topological polar surface area (TPSA) is 66.8 Å². The summed E-state index contributed by atoms with van der Waals surface area (Å²) in [5.41, 5.74) is 1.14. The van der Waals surface area contributed by atoms with Gasteiger partial charge in [-0.2, -0.15) is 0 Å². The molecule has 6 heteroatoms. The summed E-state index contributed by atoms with van der Waals surface area (Å²) in [6.45, 7) is 0. The largest absolute Gasteiger partial charge is 0.507 e. The Hall–Kier alpha value is -2.79. The number of carbonyl (C=O) groups excluding carboxylic acids is 2. The Morgan fingerprint density at radius 2 is 1.79 bits per heavy atom. The van der Waals surface area contributed by atoms with Crippen molar-refractivity contribution in [3.05, 3.63) is 70.3 Å². The summed E-state index contributed by atoms with van der Waals surface area (Å²) < 4.78 is 5.23. The van der Waals surface area contributed by atoms with Crippen molar-refractivity contribution in [2.75, 3.05) is 7.11 Å². The van der Waals surface area contributed by atoms with E-state index in [0.717, 1.165) is 31.2 Å². The lowest BCUT2D eigenvalue weighted by atomic mass is 9.94. The van der Waals surface area contributed by atoms with E-state index in [-0.39, 0.29) is 28.0 Å². The number of ether oxygens (including phenoxy) is 1. The molecule has 1 atom stereocenters. The lowest BCUT2D eigenvalue weighted by Crippen LogP contribution is -2.37. The summed E-state index contributed by atoms with van der Waals surface area (Å²) in [7, 11) is 1.51. The summed E-state index contributed by atoms with van der Waals surface area (Å²) >= 11 is 6.31. The predicted octanol–water partition coefficient (Wildman–Crippen LogP) is 4.71. The van der Waals surface area contributed by atoms with Gasteiger partial charge < -0.3 is 14.7 Å². The maximum atomic E-state index is 13.1. The Balaban J connectivity index is 1.91. The molecule has 1 N–H and O–H groups in total. The lowest BCUT2D eigenvalue weighted by Gasteiger charge is -2.30. The molecule has 0 aromatic heterocycles. The maximum Gasteiger partial charge on any atom is 0.295 e. The average molecular weight is 412 g/mol. The Labute approximate surface area is 174 Å². The van der Waals surface area contributed by atoms with Gasteiger partial charge in [-0.1, -0.05) is 54.8 Å². The Morgan fingerprint density at radius 1 is 1.10 bits per heavy atom. The van der Waals surface area contributed by atoms with Gasteiger partial charge in [0.25, 0.3) is 11.7 Å². The Kier molecular flexibility index (Phi) is 5.33. The van der Waals surface area contributed by atoms with E-state index < -0.39 is 17.7 Å². The van der Waals surface area contributed by atoms with E-state index in [1.165, 1.54) is 7.11 Å². The van der Waals surface area contributed by atoms with Crippen LogP contribution in [0.4, 0.5) is 0 Å². The molecule has 0 bridgehead atoms. The number of amides is 1. The first-order chi connectivity index (χ1) is 14.0. The number of halogens is 1. The zero-order valence-corrected chi connectivity index (χ0v) is 16.9. The fourth-order valence-electron chi connectivity index (χ4n) is 4.33. The number of likely N-dealkylation sites (tertiary alicyclic amines) is 1. The van der Waals surface area contributed by atoms with Crippen molar-refractivity contribution in [2.24, 2.45) is 0 Å². The van der Waals surface area contributed by atoms with E-state index in [0.29, 0.717) is 5.75 Å². The minimum Gasteiger partial charge on any atom is -0.507 e. The van der Waals surface area contributed by atoms with Gasteiger partial charge >= 0.3 is 0 Å². The van der Waals surface area contributed by atoms with Crippen molar-refractivity contribution < 1.29 is 19.4 Å². The Morgan fingerprint density at radius 3 is 2.45 bits per heavy atom. The van der Waals surface area contributed by atoms with E-state index in [2.05, 4.69) is 0 Å². The van der Waals surface area contributed by atoms with Crippen LogP contribution in [0.3, 0.4) is 0 Å². The zero-order chi connectivity index (χ0) is 20.5. The average Bonchev–Trinajstić information content (AvgIpc) is 3.35.